The van der Waals surface area contributed by atoms with Crippen molar-refractivity contribution < 1.29 is 4.74 Å². The number of ether oxygens (including phenoxy) is 1. The Bertz CT molecular complexity index is 558. The largest absolute Gasteiger partial charge is 0.383 e. The van der Waals surface area contributed by atoms with Crippen molar-refractivity contribution >= 4 is 38.9 Å². The number of nitrogens with one attached hydrogen (secondary N) is 1. The van der Waals surface area contributed by atoms with Crippen molar-refractivity contribution in [2.45, 2.75) is 19.5 Å². The fourth-order valence-corrected chi connectivity index (χ4v) is 3.97. The van der Waals surface area contributed by atoms with E-state index < -0.39 is 0 Å². The zero-order valence-electron chi connectivity index (χ0n) is 11.4. The van der Waals surface area contributed by atoms with Gasteiger partial charge in [-0.25, -0.2) is 0 Å². The first-order valence-electron chi connectivity index (χ1n) is 6.35. The Morgan fingerprint density at radius 2 is 2.40 bits per heavy atom. The quantitative estimate of drug-likeness (QED) is 0.798. The molecule has 110 valence electrons. The van der Waals surface area contributed by atoms with Gasteiger partial charge in [0.05, 0.1) is 36.1 Å². The van der Waals surface area contributed by atoms with Gasteiger partial charge in [-0.3, -0.25) is 4.68 Å². The van der Waals surface area contributed by atoms with Crippen molar-refractivity contribution in [2.75, 3.05) is 20.3 Å². The van der Waals surface area contributed by atoms with Gasteiger partial charge in [0.1, 0.15) is 0 Å². The van der Waals surface area contributed by atoms with Crippen molar-refractivity contribution in [2.24, 2.45) is 0 Å². The lowest BCUT2D eigenvalue weighted by atomic mass is 10.1. The highest BCUT2D eigenvalue weighted by Crippen LogP contribution is 2.35. The van der Waals surface area contributed by atoms with Crippen LogP contribution in [0.4, 0.5) is 0 Å². The molecule has 0 aliphatic rings. The summed E-state index contributed by atoms with van der Waals surface area (Å²) in [5.74, 6) is 0. The molecule has 0 amide bonds. The summed E-state index contributed by atoms with van der Waals surface area (Å²) >= 11 is 11.6. The van der Waals surface area contributed by atoms with Gasteiger partial charge in [-0.05, 0) is 33.9 Å². The Morgan fingerprint density at radius 1 is 1.60 bits per heavy atom. The minimum absolute atomic E-state index is 0.0289. The van der Waals surface area contributed by atoms with Crippen LogP contribution in [0.25, 0.3) is 0 Å². The molecule has 2 heterocycles. The monoisotopic (exact) mass is 377 g/mol. The maximum absolute atomic E-state index is 6.35. The Hall–Kier alpha value is -0.400. The predicted molar refractivity (Wildman–Crippen MR) is 86.7 cm³/mol. The molecule has 0 radical (unpaired) electrons. The number of hydrogen-bond donors (Lipinski definition) is 1. The molecule has 2 aromatic rings. The van der Waals surface area contributed by atoms with Crippen molar-refractivity contribution in [3.63, 3.8) is 0 Å². The summed E-state index contributed by atoms with van der Waals surface area (Å²) in [5, 5.41) is 10.6. The zero-order chi connectivity index (χ0) is 14.5. The highest BCUT2D eigenvalue weighted by Gasteiger charge is 2.24. The van der Waals surface area contributed by atoms with Crippen molar-refractivity contribution in [1.82, 2.24) is 15.1 Å². The van der Waals surface area contributed by atoms with Crippen LogP contribution in [-0.4, -0.2) is 30.0 Å². The second-order valence-electron chi connectivity index (χ2n) is 4.22. The molecule has 1 N–H and O–H groups in total. The van der Waals surface area contributed by atoms with E-state index in [-0.39, 0.29) is 6.04 Å². The lowest BCUT2D eigenvalue weighted by Gasteiger charge is -2.19. The summed E-state index contributed by atoms with van der Waals surface area (Å²) in [6, 6.07) is 2.08. The minimum atomic E-state index is 0.0289. The van der Waals surface area contributed by atoms with Crippen LogP contribution in [0.2, 0.25) is 5.02 Å². The van der Waals surface area contributed by atoms with E-state index >= 15 is 0 Å². The third-order valence-electron chi connectivity index (χ3n) is 2.93. The van der Waals surface area contributed by atoms with Crippen LogP contribution >= 0.6 is 38.9 Å². The summed E-state index contributed by atoms with van der Waals surface area (Å²) in [5.41, 5.74) is 0.980. The standard InChI is InChI=1S/C13H17BrClN3OS/c1-3-16-11(13-9(14)4-7-20-13)12-10(15)8-17-18(12)5-6-19-2/h4,7-8,11,16H,3,5-6H2,1-2H3. The number of thiophene rings is 1. The van der Waals surface area contributed by atoms with E-state index in [1.807, 2.05) is 10.7 Å². The molecule has 1 unspecified atom stereocenters. The first kappa shape index (κ1) is 16.0. The van der Waals surface area contributed by atoms with E-state index in [1.165, 1.54) is 4.88 Å². The molecule has 0 bridgehead atoms. The van der Waals surface area contributed by atoms with Gasteiger partial charge < -0.3 is 10.1 Å². The number of rotatable bonds is 7. The summed E-state index contributed by atoms with van der Waals surface area (Å²) in [7, 11) is 1.68. The van der Waals surface area contributed by atoms with E-state index in [1.54, 1.807) is 24.6 Å². The number of nitrogens with zero attached hydrogens (tertiary/aromatic N) is 2. The van der Waals surface area contributed by atoms with Crippen LogP contribution in [0, 0.1) is 0 Å². The van der Waals surface area contributed by atoms with Gasteiger partial charge in [0.2, 0.25) is 0 Å². The predicted octanol–water partition coefficient (Wildman–Crippen LogP) is 3.71. The number of methoxy groups -OCH3 is 1. The van der Waals surface area contributed by atoms with Crippen LogP contribution in [0.1, 0.15) is 23.5 Å². The molecule has 0 spiro atoms. The van der Waals surface area contributed by atoms with Crippen LogP contribution in [-0.2, 0) is 11.3 Å². The maximum atomic E-state index is 6.35. The minimum Gasteiger partial charge on any atom is -0.383 e. The summed E-state index contributed by atoms with van der Waals surface area (Å²) in [6.45, 7) is 4.22. The number of hydrogen-bond acceptors (Lipinski definition) is 4. The molecule has 1 atom stereocenters. The van der Waals surface area contributed by atoms with Crippen LogP contribution in [0.5, 0.6) is 0 Å². The topological polar surface area (TPSA) is 39.1 Å². The highest BCUT2D eigenvalue weighted by molar-refractivity contribution is 9.10. The van der Waals surface area contributed by atoms with Gasteiger partial charge in [-0.2, -0.15) is 5.10 Å². The Labute approximate surface area is 136 Å². The third-order valence-corrected chi connectivity index (χ3v) is 5.16. The normalized spacial score (nSPS) is 12.8. The van der Waals surface area contributed by atoms with Crippen molar-refractivity contribution in [1.29, 1.82) is 0 Å². The number of halogens is 2. The highest BCUT2D eigenvalue weighted by atomic mass is 79.9. The Balaban J connectivity index is 2.39. The first-order valence-corrected chi connectivity index (χ1v) is 8.40. The maximum Gasteiger partial charge on any atom is 0.0868 e. The average molecular weight is 379 g/mol. The average Bonchev–Trinajstić information content (AvgIpc) is 3.01. The molecule has 2 rings (SSSR count). The molecular weight excluding hydrogens is 362 g/mol. The third kappa shape index (κ3) is 3.43. The second kappa shape index (κ2) is 7.56. The van der Waals surface area contributed by atoms with Crippen molar-refractivity contribution in [3.05, 3.63) is 37.7 Å². The molecule has 7 heteroatoms. The fraction of sp³-hybridized carbons (Fsp3) is 0.462. The van der Waals surface area contributed by atoms with E-state index in [0.29, 0.717) is 18.2 Å². The van der Waals surface area contributed by atoms with Crippen molar-refractivity contribution in [3.8, 4) is 0 Å². The summed E-state index contributed by atoms with van der Waals surface area (Å²) in [4.78, 5) is 1.20. The molecule has 0 aliphatic carbocycles. The molecule has 20 heavy (non-hydrogen) atoms. The molecular formula is C13H17BrClN3OS. The van der Waals surface area contributed by atoms with Gasteiger partial charge in [0.25, 0.3) is 0 Å². The van der Waals surface area contributed by atoms with E-state index in [9.17, 15) is 0 Å². The fourth-order valence-electron chi connectivity index (χ4n) is 2.04. The van der Waals surface area contributed by atoms with Crippen LogP contribution < -0.4 is 5.32 Å². The van der Waals surface area contributed by atoms with Crippen LogP contribution in [0.15, 0.2) is 22.1 Å². The molecule has 0 aromatic carbocycles. The lowest BCUT2D eigenvalue weighted by Crippen LogP contribution is -2.25. The van der Waals surface area contributed by atoms with Gasteiger partial charge in [-0.1, -0.05) is 18.5 Å². The van der Waals surface area contributed by atoms with Gasteiger partial charge >= 0.3 is 0 Å². The molecule has 0 fully saturated rings. The van der Waals surface area contributed by atoms with Gasteiger partial charge in [0.15, 0.2) is 0 Å². The SMILES string of the molecule is CCNC(c1sccc1Br)c1c(Cl)cnn1CCOC. The Kier molecular flexibility index (Phi) is 6.04. The summed E-state index contributed by atoms with van der Waals surface area (Å²) in [6.07, 6.45) is 1.69. The van der Waals surface area contributed by atoms with E-state index in [4.69, 9.17) is 16.3 Å². The van der Waals surface area contributed by atoms with Gasteiger partial charge in [0, 0.05) is 16.5 Å². The molecule has 4 nitrogen and oxygen atoms in total. The first-order chi connectivity index (χ1) is 9.69. The smallest absolute Gasteiger partial charge is 0.0868 e. The second-order valence-corrected chi connectivity index (χ2v) is 6.43. The number of aromatic nitrogens is 2. The lowest BCUT2D eigenvalue weighted by molar-refractivity contribution is 0.182. The van der Waals surface area contributed by atoms with E-state index in [2.05, 4.69) is 38.6 Å². The molecule has 0 aliphatic heterocycles. The Morgan fingerprint density at radius 3 is 3.00 bits per heavy atom. The summed E-state index contributed by atoms with van der Waals surface area (Å²) < 4.78 is 8.13. The molecule has 0 saturated heterocycles. The zero-order valence-corrected chi connectivity index (χ0v) is 14.6. The van der Waals surface area contributed by atoms with E-state index in [0.717, 1.165) is 16.7 Å². The van der Waals surface area contributed by atoms with Crippen LogP contribution in [0.3, 0.4) is 0 Å². The molecule has 0 saturated carbocycles. The van der Waals surface area contributed by atoms with Gasteiger partial charge in [-0.15, -0.1) is 11.3 Å². The molecule has 2 aromatic heterocycles.